The monoisotopic (exact) mass is 224 g/mol. The van der Waals surface area contributed by atoms with Gasteiger partial charge in [-0.15, -0.1) is 0 Å². The van der Waals surface area contributed by atoms with Crippen LogP contribution in [-0.2, 0) is 14.3 Å². The molecular formula is C13H20O3. The van der Waals surface area contributed by atoms with Crippen molar-refractivity contribution in [2.45, 2.75) is 58.5 Å². The van der Waals surface area contributed by atoms with Crippen molar-refractivity contribution < 1.29 is 14.3 Å². The van der Waals surface area contributed by atoms with Crippen LogP contribution >= 0.6 is 0 Å². The molecule has 0 radical (unpaired) electrons. The smallest absolute Gasteiger partial charge is 0.310 e. The highest BCUT2D eigenvalue weighted by molar-refractivity contribution is 5.84. The van der Waals surface area contributed by atoms with Crippen LogP contribution in [0.5, 0.6) is 0 Å². The van der Waals surface area contributed by atoms with Crippen molar-refractivity contribution in [3.05, 3.63) is 0 Å². The van der Waals surface area contributed by atoms with E-state index in [0.717, 1.165) is 12.8 Å². The van der Waals surface area contributed by atoms with Crippen LogP contribution in [0.15, 0.2) is 0 Å². The Bertz CT molecular complexity index is 321. The quantitative estimate of drug-likeness (QED) is 0.643. The zero-order valence-electron chi connectivity index (χ0n) is 10.3. The van der Waals surface area contributed by atoms with Crippen LogP contribution in [0.25, 0.3) is 0 Å². The van der Waals surface area contributed by atoms with Crippen molar-refractivity contribution in [3.63, 3.8) is 0 Å². The van der Waals surface area contributed by atoms with Crippen molar-refractivity contribution in [1.82, 2.24) is 0 Å². The van der Waals surface area contributed by atoms with Gasteiger partial charge in [-0.3, -0.25) is 9.59 Å². The van der Waals surface area contributed by atoms with Gasteiger partial charge in [0, 0.05) is 12.8 Å². The minimum atomic E-state index is -0.422. The molecule has 2 rings (SSSR count). The third-order valence-corrected chi connectivity index (χ3v) is 3.58. The molecular weight excluding hydrogens is 204 g/mol. The second kappa shape index (κ2) is 3.57. The van der Waals surface area contributed by atoms with Gasteiger partial charge in [0.2, 0.25) is 0 Å². The second-order valence-corrected chi connectivity index (χ2v) is 6.20. The Morgan fingerprint density at radius 2 is 2.00 bits per heavy atom. The van der Waals surface area contributed by atoms with Crippen LogP contribution < -0.4 is 0 Å². The molecule has 16 heavy (non-hydrogen) atoms. The molecule has 0 heterocycles. The maximum Gasteiger partial charge on any atom is 0.310 e. The molecule has 3 nitrogen and oxygen atoms in total. The molecule has 0 aromatic heterocycles. The summed E-state index contributed by atoms with van der Waals surface area (Å²) < 4.78 is 5.44. The molecule has 2 saturated carbocycles. The molecule has 0 amide bonds. The van der Waals surface area contributed by atoms with Crippen LogP contribution in [-0.4, -0.2) is 17.4 Å². The Kier molecular flexibility index (Phi) is 2.59. The van der Waals surface area contributed by atoms with Crippen molar-refractivity contribution >= 4 is 11.8 Å². The van der Waals surface area contributed by atoms with Gasteiger partial charge in [-0.2, -0.15) is 0 Å². The van der Waals surface area contributed by atoms with E-state index in [1.54, 1.807) is 0 Å². The standard InChI is InChI=1S/C13H20O3/c1-12(2,3)16-11(15)10-5-4-9(14)8-13(10)6-7-13/h10H,4-8H2,1-3H3. The summed E-state index contributed by atoms with van der Waals surface area (Å²) in [6.07, 6.45) is 3.86. The minimum absolute atomic E-state index is 0.0162. The lowest BCUT2D eigenvalue weighted by molar-refractivity contribution is -0.164. The van der Waals surface area contributed by atoms with E-state index in [1.807, 2.05) is 20.8 Å². The van der Waals surface area contributed by atoms with Crippen LogP contribution in [0, 0.1) is 11.3 Å². The fraction of sp³-hybridized carbons (Fsp3) is 0.846. The first-order valence-electron chi connectivity index (χ1n) is 6.07. The SMILES string of the molecule is CC(C)(C)OC(=O)C1CCC(=O)CC12CC2. The molecule has 0 aromatic rings. The Balaban J connectivity index is 2.04. The summed E-state index contributed by atoms with van der Waals surface area (Å²) >= 11 is 0. The van der Waals surface area contributed by atoms with Gasteiger partial charge in [0.25, 0.3) is 0 Å². The highest BCUT2D eigenvalue weighted by atomic mass is 16.6. The fourth-order valence-corrected chi connectivity index (χ4v) is 2.64. The number of rotatable bonds is 1. The molecule has 0 aromatic carbocycles. The topological polar surface area (TPSA) is 43.4 Å². The molecule has 0 aliphatic heterocycles. The highest BCUT2D eigenvalue weighted by Crippen LogP contribution is 2.59. The van der Waals surface area contributed by atoms with Crippen LogP contribution in [0.2, 0.25) is 0 Å². The Labute approximate surface area is 96.5 Å². The Hall–Kier alpha value is -0.860. The van der Waals surface area contributed by atoms with Gasteiger partial charge >= 0.3 is 5.97 Å². The minimum Gasteiger partial charge on any atom is -0.460 e. The molecule has 2 aliphatic carbocycles. The van der Waals surface area contributed by atoms with Crippen LogP contribution in [0.4, 0.5) is 0 Å². The first kappa shape index (κ1) is 11.6. The van der Waals surface area contributed by atoms with Crippen molar-refractivity contribution in [2.24, 2.45) is 11.3 Å². The molecule has 0 N–H and O–H groups in total. The van der Waals surface area contributed by atoms with E-state index in [4.69, 9.17) is 4.74 Å². The average Bonchev–Trinajstić information content (AvgIpc) is 2.81. The van der Waals surface area contributed by atoms with E-state index in [-0.39, 0.29) is 17.3 Å². The molecule has 2 fully saturated rings. The van der Waals surface area contributed by atoms with Gasteiger partial charge in [-0.1, -0.05) is 0 Å². The van der Waals surface area contributed by atoms with Crippen LogP contribution in [0.3, 0.4) is 0 Å². The number of hydrogen-bond acceptors (Lipinski definition) is 3. The van der Waals surface area contributed by atoms with E-state index >= 15 is 0 Å². The fourth-order valence-electron chi connectivity index (χ4n) is 2.64. The van der Waals surface area contributed by atoms with Gasteiger partial charge in [-0.05, 0) is 45.4 Å². The van der Waals surface area contributed by atoms with E-state index < -0.39 is 5.60 Å². The molecule has 1 atom stereocenters. The largest absolute Gasteiger partial charge is 0.460 e. The lowest BCUT2D eigenvalue weighted by Gasteiger charge is -2.31. The summed E-state index contributed by atoms with van der Waals surface area (Å²) in [7, 11) is 0. The lowest BCUT2D eigenvalue weighted by Crippen LogP contribution is -2.37. The van der Waals surface area contributed by atoms with Gasteiger partial charge in [0.1, 0.15) is 11.4 Å². The second-order valence-electron chi connectivity index (χ2n) is 6.20. The Morgan fingerprint density at radius 1 is 1.38 bits per heavy atom. The van der Waals surface area contributed by atoms with Crippen molar-refractivity contribution in [2.75, 3.05) is 0 Å². The maximum atomic E-state index is 12.0. The van der Waals surface area contributed by atoms with E-state index in [9.17, 15) is 9.59 Å². The van der Waals surface area contributed by atoms with Crippen molar-refractivity contribution in [3.8, 4) is 0 Å². The van der Waals surface area contributed by atoms with Gasteiger partial charge in [0.15, 0.2) is 0 Å². The summed E-state index contributed by atoms with van der Waals surface area (Å²) in [5.41, 5.74) is -0.438. The molecule has 0 bridgehead atoms. The predicted octanol–water partition coefficient (Wildman–Crippen LogP) is 2.48. The number of esters is 1. The third-order valence-electron chi connectivity index (χ3n) is 3.58. The number of hydrogen-bond donors (Lipinski definition) is 0. The van der Waals surface area contributed by atoms with E-state index in [1.165, 1.54) is 0 Å². The number of Topliss-reactive ketones (excluding diaryl/α,β-unsaturated/α-hetero) is 1. The van der Waals surface area contributed by atoms with Crippen LogP contribution in [0.1, 0.15) is 52.9 Å². The summed E-state index contributed by atoms with van der Waals surface area (Å²) in [4.78, 5) is 23.5. The number of carbonyl (C=O) groups excluding carboxylic acids is 2. The number of ether oxygens (including phenoxy) is 1. The van der Waals surface area contributed by atoms with E-state index in [0.29, 0.717) is 25.0 Å². The average molecular weight is 224 g/mol. The van der Waals surface area contributed by atoms with Gasteiger partial charge in [-0.25, -0.2) is 0 Å². The summed E-state index contributed by atoms with van der Waals surface area (Å²) in [5.74, 6) is 0.180. The predicted molar refractivity (Wildman–Crippen MR) is 59.9 cm³/mol. The Morgan fingerprint density at radius 3 is 2.50 bits per heavy atom. The molecule has 90 valence electrons. The van der Waals surface area contributed by atoms with Crippen molar-refractivity contribution in [1.29, 1.82) is 0 Å². The molecule has 0 saturated heterocycles. The zero-order chi connectivity index (χ0) is 12.0. The van der Waals surface area contributed by atoms with E-state index in [2.05, 4.69) is 0 Å². The third kappa shape index (κ3) is 2.28. The molecule has 2 aliphatic rings. The molecule has 1 spiro atoms. The lowest BCUT2D eigenvalue weighted by atomic mass is 9.76. The summed E-state index contributed by atoms with van der Waals surface area (Å²) in [5, 5.41) is 0. The highest BCUT2D eigenvalue weighted by Gasteiger charge is 2.56. The normalized spacial score (nSPS) is 27.9. The zero-order valence-corrected chi connectivity index (χ0v) is 10.3. The molecule has 1 unspecified atom stereocenters. The first-order valence-corrected chi connectivity index (χ1v) is 6.07. The number of ketones is 1. The first-order chi connectivity index (χ1) is 7.32. The van der Waals surface area contributed by atoms with Gasteiger partial charge in [0.05, 0.1) is 5.92 Å². The maximum absolute atomic E-state index is 12.0. The number of carbonyl (C=O) groups is 2. The summed E-state index contributed by atoms with van der Waals surface area (Å²) in [6.45, 7) is 5.66. The summed E-state index contributed by atoms with van der Waals surface area (Å²) in [6, 6.07) is 0. The molecule has 3 heteroatoms. The van der Waals surface area contributed by atoms with Gasteiger partial charge < -0.3 is 4.74 Å².